The summed E-state index contributed by atoms with van der Waals surface area (Å²) in [5, 5.41) is 3.03. The maximum Gasteiger partial charge on any atom is 0.317 e. The maximum atomic E-state index is 12.4. The van der Waals surface area contributed by atoms with Crippen molar-refractivity contribution in [3.05, 3.63) is 59.7 Å². The Hall–Kier alpha value is -2.73. The van der Waals surface area contributed by atoms with Crippen molar-refractivity contribution in [2.24, 2.45) is 0 Å². The van der Waals surface area contributed by atoms with E-state index in [0.717, 1.165) is 44.7 Å². The highest BCUT2D eigenvalue weighted by Crippen LogP contribution is 2.27. The molecular weight excluding hydrogens is 354 g/mol. The summed E-state index contributed by atoms with van der Waals surface area (Å²) in [5.74, 6) is 1.42. The number of amides is 2. The number of urea groups is 1. The summed E-state index contributed by atoms with van der Waals surface area (Å²) in [5.41, 5.74) is 2.42. The Balaban J connectivity index is 1.40. The van der Waals surface area contributed by atoms with E-state index in [1.54, 1.807) is 14.2 Å². The van der Waals surface area contributed by atoms with Crippen molar-refractivity contribution in [2.45, 2.75) is 13.0 Å². The van der Waals surface area contributed by atoms with Crippen LogP contribution in [0.2, 0.25) is 0 Å². The third-order valence-electron chi connectivity index (χ3n) is 5.05. The van der Waals surface area contributed by atoms with E-state index < -0.39 is 0 Å². The first kappa shape index (κ1) is 20.0. The normalized spacial score (nSPS) is 14.6. The highest BCUT2D eigenvalue weighted by Gasteiger charge is 2.20. The Morgan fingerprint density at radius 3 is 2.32 bits per heavy atom. The lowest BCUT2D eigenvalue weighted by Gasteiger charge is -2.34. The first-order valence-electron chi connectivity index (χ1n) is 9.69. The minimum atomic E-state index is 0.0137. The minimum absolute atomic E-state index is 0.0137. The molecule has 3 rings (SSSR count). The lowest BCUT2D eigenvalue weighted by atomic mass is 10.1. The van der Waals surface area contributed by atoms with Gasteiger partial charge in [0, 0.05) is 39.3 Å². The van der Waals surface area contributed by atoms with E-state index in [4.69, 9.17) is 9.47 Å². The summed E-state index contributed by atoms with van der Waals surface area (Å²) in [6.45, 7) is 4.86. The molecule has 1 N–H and O–H groups in total. The molecule has 0 unspecified atom stereocenters. The number of carbonyl (C=O) groups is 1. The molecule has 0 saturated carbocycles. The number of carbonyl (C=O) groups excluding carboxylic acids is 1. The van der Waals surface area contributed by atoms with Gasteiger partial charge in [-0.3, -0.25) is 4.90 Å². The highest BCUT2D eigenvalue weighted by molar-refractivity contribution is 5.74. The molecule has 0 aliphatic carbocycles. The van der Waals surface area contributed by atoms with Crippen molar-refractivity contribution >= 4 is 6.03 Å². The number of hydrogen-bond acceptors (Lipinski definition) is 4. The van der Waals surface area contributed by atoms with E-state index in [-0.39, 0.29) is 6.03 Å². The van der Waals surface area contributed by atoms with E-state index in [9.17, 15) is 4.79 Å². The topological polar surface area (TPSA) is 54.0 Å². The number of methoxy groups -OCH3 is 2. The van der Waals surface area contributed by atoms with Crippen molar-refractivity contribution in [2.75, 3.05) is 46.9 Å². The van der Waals surface area contributed by atoms with Gasteiger partial charge in [-0.15, -0.1) is 0 Å². The van der Waals surface area contributed by atoms with Crippen LogP contribution in [0.25, 0.3) is 0 Å². The van der Waals surface area contributed by atoms with Crippen molar-refractivity contribution in [1.82, 2.24) is 15.1 Å². The number of ether oxygens (including phenoxy) is 2. The summed E-state index contributed by atoms with van der Waals surface area (Å²) in [7, 11) is 3.25. The van der Waals surface area contributed by atoms with Gasteiger partial charge in [0.15, 0.2) is 11.5 Å². The van der Waals surface area contributed by atoms with Gasteiger partial charge in [0.2, 0.25) is 0 Å². The lowest BCUT2D eigenvalue weighted by molar-refractivity contribution is 0.135. The SMILES string of the molecule is COc1ccc(CCNC(=O)N2CCN(Cc3ccccc3)CC2)cc1OC. The number of hydrogen-bond donors (Lipinski definition) is 1. The van der Waals surface area contributed by atoms with Crippen LogP contribution < -0.4 is 14.8 Å². The Bertz CT molecular complexity index is 759. The Morgan fingerprint density at radius 2 is 1.64 bits per heavy atom. The van der Waals surface area contributed by atoms with Gasteiger partial charge >= 0.3 is 6.03 Å². The van der Waals surface area contributed by atoms with E-state index in [0.29, 0.717) is 18.0 Å². The summed E-state index contributed by atoms with van der Waals surface area (Å²) in [6.07, 6.45) is 0.750. The second-order valence-corrected chi connectivity index (χ2v) is 6.92. The molecule has 0 aromatic heterocycles. The molecule has 1 aliphatic rings. The third-order valence-corrected chi connectivity index (χ3v) is 5.05. The molecule has 0 atom stereocenters. The van der Waals surface area contributed by atoms with Crippen molar-refractivity contribution in [3.63, 3.8) is 0 Å². The molecule has 2 amide bonds. The van der Waals surface area contributed by atoms with Gasteiger partial charge in [-0.05, 0) is 29.7 Å². The molecule has 1 fully saturated rings. The second kappa shape index (κ2) is 9.99. The largest absolute Gasteiger partial charge is 0.493 e. The van der Waals surface area contributed by atoms with Crippen LogP contribution in [0.4, 0.5) is 4.79 Å². The highest BCUT2D eigenvalue weighted by atomic mass is 16.5. The van der Waals surface area contributed by atoms with E-state index in [1.807, 2.05) is 29.2 Å². The number of rotatable bonds is 7. The van der Waals surface area contributed by atoms with Crippen molar-refractivity contribution < 1.29 is 14.3 Å². The molecule has 150 valence electrons. The molecule has 1 aliphatic heterocycles. The van der Waals surface area contributed by atoms with Gasteiger partial charge in [-0.25, -0.2) is 4.79 Å². The average molecular weight is 383 g/mol. The van der Waals surface area contributed by atoms with Gasteiger partial charge in [0.1, 0.15) is 0 Å². The van der Waals surface area contributed by atoms with E-state index in [1.165, 1.54) is 5.56 Å². The third kappa shape index (κ3) is 5.39. The number of nitrogens with zero attached hydrogens (tertiary/aromatic N) is 2. The number of nitrogens with one attached hydrogen (secondary N) is 1. The molecule has 6 heteroatoms. The zero-order valence-electron chi connectivity index (χ0n) is 16.7. The number of piperazine rings is 1. The summed E-state index contributed by atoms with van der Waals surface area (Å²) in [4.78, 5) is 16.7. The van der Waals surface area contributed by atoms with Crippen LogP contribution in [0.3, 0.4) is 0 Å². The van der Waals surface area contributed by atoms with Gasteiger partial charge in [0.25, 0.3) is 0 Å². The number of benzene rings is 2. The van der Waals surface area contributed by atoms with Gasteiger partial charge < -0.3 is 19.7 Å². The zero-order chi connectivity index (χ0) is 19.8. The fourth-order valence-electron chi connectivity index (χ4n) is 3.41. The maximum absolute atomic E-state index is 12.4. The van der Waals surface area contributed by atoms with Crippen molar-refractivity contribution in [1.29, 1.82) is 0 Å². The van der Waals surface area contributed by atoms with Gasteiger partial charge in [0.05, 0.1) is 14.2 Å². The first-order chi connectivity index (χ1) is 13.7. The van der Waals surface area contributed by atoms with E-state index in [2.05, 4.69) is 34.5 Å². The molecule has 2 aromatic rings. The van der Waals surface area contributed by atoms with Gasteiger partial charge in [-0.1, -0.05) is 36.4 Å². The van der Waals surface area contributed by atoms with Crippen LogP contribution in [0.5, 0.6) is 11.5 Å². The molecule has 0 radical (unpaired) electrons. The van der Waals surface area contributed by atoms with Crippen LogP contribution in [0, 0.1) is 0 Å². The first-order valence-corrected chi connectivity index (χ1v) is 9.69. The van der Waals surface area contributed by atoms with E-state index >= 15 is 0 Å². The fourth-order valence-corrected chi connectivity index (χ4v) is 3.41. The molecule has 28 heavy (non-hydrogen) atoms. The van der Waals surface area contributed by atoms with Crippen LogP contribution >= 0.6 is 0 Å². The molecule has 1 saturated heterocycles. The van der Waals surface area contributed by atoms with Crippen LogP contribution in [-0.2, 0) is 13.0 Å². The lowest BCUT2D eigenvalue weighted by Crippen LogP contribution is -2.51. The predicted octanol–water partition coefficient (Wildman–Crippen LogP) is 2.77. The molecule has 1 heterocycles. The molecular formula is C22H29N3O3. The van der Waals surface area contributed by atoms with Crippen LogP contribution in [0.15, 0.2) is 48.5 Å². The predicted molar refractivity (Wildman–Crippen MR) is 110 cm³/mol. The minimum Gasteiger partial charge on any atom is -0.493 e. The van der Waals surface area contributed by atoms with Crippen LogP contribution in [0.1, 0.15) is 11.1 Å². The standard InChI is InChI=1S/C22H29N3O3/c1-27-20-9-8-18(16-21(20)28-2)10-11-23-22(26)25-14-12-24(13-15-25)17-19-6-4-3-5-7-19/h3-9,16H,10-15,17H2,1-2H3,(H,23,26). The summed E-state index contributed by atoms with van der Waals surface area (Å²) >= 11 is 0. The van der Waals surface area contributed by atoms with Gasteiger partial charge in [-0.2, -0.15) is 0 Å². The van der Waals surface area contributed by atoms with Crippen LogP contribution in [-0.4, -0.2) is 62.8 Å². The smallest absolute Gasteiger partial charge is 0.317 e. The monoisotopic (exact) mass is 383 g/mol. The summed E-state index contributed by atoms with van der Waals surface area (Å²) in [6, 6.07) is 16.3. The zero-order valence-corrected chi connectivity index (χ0v) is 16.7. The summed E-state index contributed by atoms with van der Waals surface area (Å²) < 4.78 is 10.6. The molecule has 2 aromatic carbocycles. The Kier molecular flexibility index (Phi) is 7.14. The average Bonchev–Trinajstić information content (AvgIpc) is 2.74. The molecule has 0 bridgehead atoms. The quantitative estimate of drug-likeness (QED) is 0.799. The fraction of sp³-hybridized carbons (Fsp3) is 0.409. The molecule has 6 nitrogen and oxygen atoms in total. The Morgan fingerprint density at radius 1 is 0.929 bits per heavy atom. The second-order valence-electron chi connectivity index (χ2n) is 6.92. The Labute approximate surface area is 167 Å². The van der Waals surface area contributed by atoms with Crippen molar-refractivity contribution in [3.8, 4) is 11.5 Å². The molecule has 0 spiro atoms.